The summed E-state index contributed by atoms with van der Waals surface area (Å²) in [5.74, 6) is 0.213. The second kappa shape index (κ2) is 6.21. The molecular formula is C14H15N3S. The molecule has 0 aliphatic carbocycles. The molecule has 0 amide bonds. The van der Waals surface area contributed by atoms with Crippen LogP contribution in [-0.2, 0) is 0 Å². The Morgan fingerprint density at radius 2 is 1.83 bits per heavy atom. The van der Waals surface area contributed by atoms with Crippen molar-refractivity contribution in [1.82, 2.24) is 4.98 Å². The number of aromatic nitrogens is 1. The molecule has 1 unspecified atom stereocenters. The average Bonchev–Trinajstić information content (AvgIpc) is 2.40. The molecule has 0 saturated carbocycles. The fraction of sp³-hybridized carbons (Fsp3) is 0.143. The lowest BCUT2D eigenvalue weighted by Crippen LogP contribution is -2.13. The average molecular weight is 257 g/mol. The van der Waals surface area contributed by atoms with Crippen molar-refractivity contribution >= 4 is 17.6 Å². The highest BCUT2D eigenvalue weighted by atomic mass is 32.2. The third-order valence-electron chi connectivity index (χ3n) is 2.50. The molecule has 92 valence electrons. The molecule has 0 aliphatic heterocycles. The lowest BCUT2D eigenvalue weighted by atomic mass is 10.1. The van der Waals surface area contributed by atoms with Crippen molar-refractivity contribution in [2.75, 3.05) is 0 Å². The number of nitrogens with zero attached hydrogens (tertiary/aromatic N) is 1. The number of nitrogens with one attached hydrogen (secondary N) is 1. The summed E-state index contributed by atoms with van der Waals surface area (Å²) in [5.41, 5.74) is 6.73. The number of amidine groups is 1. The Balaban J connectivity index is 2.18. The Bertz CT molecular complexity index is 499. The summed E-state index contributed by atoms with van der Waals surface area (Å²) in [6.07, 6.45) is 4.10. The van der Waals surface area contributed by atoms with Gasteiger partial charge in [-0.2, -0.15) is 0 Å². The van der Waals surface area contributed by atoms with E-state index in [0.717, 1.165) is 4.90 Å². The Hall–Kier alpha value is -1.81. The van der Waals surface area contributed by atoms with Crippen molar-refractivity contribution in [3.63, 3.8) is 0 Å². The van der Waals surface area contributed by atoms with E-state index < -0.39 is 0 Å². The van der Waals surface area contributed by atoms with Crippen LogP contribution in [0.4, 0.5) is 0 Å². The highest BCUT2D eigenvalue weighted by Gasteiger charge is 2.14. The van der Waals surface area contributed by atoms with Crippen molar-refractivity contribution < 1.29 is 0 Å². The van der Waals surface area contributed by atoms with Crippen LogP contribution in [0.2, 0.25) is 0 Å². The van der Waals surface area contributed by atoms with Gasteiger partial charge < -0.3 is 5.73 Å². The first kappa shape index (κ1) is 12.6. The summed E-state index contributed by atoms with van der Waals surface area (Å²) in [7, 11) is 0. The molecule has 2 aromatic rings. The van der Waals surface area contributed by atoms with Gasteiger partial charge in [0.25, 0.3) is 0 Å². The molecule has 0 radical (unpaired) electrons. The number of nitrogens with two attached hydrogens (primary N) is 1. The van der Waals surface area contributed by atoms with Crippen LogP contribution in [0.3, 0.4) is 0 Å². The van der Waals surface area contributed by atoms with E-state index in [9.17, 15) is 0 Å². The maximum absolute atomic E-state index is 7.49. The standard InChI is InChI=1S/C14H15N3S/c15-14(16)10-13(11-4-2-1-3-5-11)18-12-6-8-17-9-7-12/h1-9,13H,10H2,(H3,15,16). The first-order chi connectivity index (χ1) is 8.75. The Kier molecular flexibility index (Phi) is 4.36. The second-order valence-corrected chi connectivity index (χ2v) is 5.21. The summed E-state index contributed by atoms with van der Waals surface area (Å²) in [6, 6.07) is 14.1. The molecule has 3 N–H and O–H groups in total. The zero-order valence-corrected chi connectivity index (χ0v) is 10.7. The van der Waals surface area contributed by atoms with E-state index in [1.54, 1.807) is 24.2 Å². The maximum atomic E-state index is 7.49. The molecule has 1 aromatic heterocycles. The van der Waals surface area contributed by atoms with Crippen LogP contribution in [0.25, 0.3) is 0 Å². The van der Waals surface area contributed by atoms with Crippen LogP contribution in [-0.4, -0.2) is 10.8 Å². The van der Waals surface area contributed by atoms with Gasteiger partial charge in [-0.25, -0.2) is 0 Å². The summed E-state index contributed by atoms with van der Waals surface area (Å²) in [5, 5.41) is 7.66. The van der Waals surface area contributed by atoms with E-state index in [2.05, 4.69) is 17.1 Å². The van der Waals surface area contributed by atoms with E-state index in [-0.39, 0.29) is 11.1 Å². The number of hydrogen-bond donors (Lipinski definition) is 2. The molecule has 2 rings (SSSR count). The highest BCUT2D eigenvalue weighted by Crippen LogP contribution is 2.37. The van der Waals surface area contributed by atoms with Crippen molar-refractivity contribution in [2.24, 2.45) is 5.73 Å². The van der Waals surface area contributed by atoms with Gasteiger partial charge in [-0.1, -0.05) is 30.3 Å². The zero-order valence-electron chi connectivity index (χ0n) is 9.91. The van der Waals surface area contributed by atoms with Crippen LogP contribution in [0, 0.1) is 5.41 Å². The van der Waals surface area contributed by atoms with E-state index >= 15 is 0 Å². The van der Waals surface area contributed by atoms with Gasteiger partial charge in [0, 0.05) is 29.0 Å². The van der Waals surface area contributed by atoms with Gasteiger partial charge in [0.1, 0.15) is 0 Å². The zero-order chi connectivity index (χ0) is 12.8. The quantitative estimate of drug-likeness (QED) is 0.491. The minimum Gasteiger partial charge on any atom is -0.388 e. The third-order valence-corrected chi connectivity index (χ3v) is 3.77. The predicted octanol–water partition coefficient (Wildman–Crippen LogP) is 3.24. The molecule has 3 nitrogen and oxygen atoms in total. The third kappa shape index (κ3) is 3.60. The van der Waals surface area contributed by atoms with Crippen molar-refractivity contribution in [3.8, 4) is 0 Å². The first-order valence-corrected chi connectivity index (χ1v) is 6.58. The van der Waals surface area contributed by atoms with Gasteiger partial charge in [0.05, 0.1) is 5.84 Å². The largest absolute Gasteiger partial charge is 0.388 e. The predicted molar refractivity (Wildman–Crippen MR) is 75.8 cm³/mol. The number of benzene rings is 1. The van der Waals surface area contributed by atoms with E-state index in [1.807, 2.05) is 30.3 Å². The van der Waals surface area contributed by atoms with Crippen LogP contribution < -0.4 is 5.73 Å². The number of rotatable bonds is 5. The summed E-state index contributed by atoms with van der Waals surface area (Å²) >= 11 is 1.71. The van der Waals surface area contributed by atoms with Crippen LogP contribution in [0.15, 0.2) is 59.8 Å². The smallest absolute Gasteiger partial charge is 0.0920 e. The van der Waals surface area contributed by atoms with Gasteiger partial charge in [0.2, 0.25) is 0 Å². The molecule has 18 heavy (non-hydrogen) atoms. The van der Waals surface area contributed by atoms with E-state index in [4.69, 9.17) is 11.1 Å². The molecule has 0 fully saturated rings. The Labute approximate surface area is 111 Å². The fourth-order valence-corrected chi connectivity index (χ4v) is 2.84. The summed E-state index contributed by atoms with van der Waals surface area (Å²) in [4.78, 5) is 5.15. The molecular weight excluding hydrogens is 242 g/mol. The topological polar surface area (TPSA) is 62.8 Å². The molecule has 1 heterocycles. The van der Waals surface area contributed by atoms with Gasteiger partial charge in [-0.3, -0.25) is 10.4 Å². The molecule has 4 heteroatoms. The lowest BCUT2D eigenvalue weighted by Gasteiger charge is -2.16. The maximum Gasteiger partial charge on any atom is 0.0920 e. The lowest BCUT2D eigenvalue weighted by molar-refractivity contribution is 0.984. The van der Waals surface area contributed by atoms with Gasteiger partial charge >= 0.3 is 0 Å². The van der Waals surface area contributed by atoms with Gasteiger partial charge in [-0.05, 0) is 17.7 Å². The fourth-order valence-electron chi connectivity index (χ4n) is 1.68. The van der Waals surface area contributed by atoms with Crippen molar-refractivity contribution in [1.29, 1.82) is 5.41 Å². The molecule has 0 spiro atoms. The molecule has 0 saturated heterocycles. The van der Waals surface area contributed by atoms with Crippen LogP contribution in [0.1, 0.15) is 17.2 Å². The summed E-state index contributed by atoms with van der Waals surface area (Å²) in [6.45, 7) is 0. The number of thioether (sulfide) groups is 1. The SMILES string of the molecule is N=C(N)CC(Sc1ccncc1)c1ccccc1. The number of hydrogen-bond acceptors (Lipinski definition) is 3. The van der Waals surface area contributed by atoms with Crippen molar-refractivity contribution in [2.45, 2.75) is 16.6 Å². The minimum absolute atomic E-state index is 0.172. The minimum atomic E-state index is 0.172. The van der Waals surface area contributed by atoms with Crippen LogP contribution >= 0.6 is 11.8 Å². The van der Waals surface area contributed by atoms with Gasteiger partial charge in [0.15, 0.2) is 0 Å². The summed E-state index contributed by atoms with van der Waals surface area (Å²) < 4.78 is 0. The normalized spacial score (nSPS) is 12.0. The van der Waals surface area contributed by atoms with Gasteiger partial charge in [-0.15, -0.1) is 11.8 Å². The Morgan fingerprint density at radius 3 is 2.44 bits per heavy atom. The van der Waals surface area contributed by atoms with E-state index in [0.29, 0.717) is 6.42 Å². The van der Waals surface area contributed by atoms with Crippen LogP contribution in [0.5, 0.6) is 0 Å². The number of pyridine rings is 1. The van der Waals surface area contributed by atoms with E-state index in [1.165, 1.54) is 5.56 Å². The Morgan fingerprint density at radius 1 is 1.17 bits per heavy atom. The molecule has 0 aliphatic rings. The highest BCUT2D eigenvalue weighted by molar-refractivity contribution is 7.99. The molecule has 0 bridgehead atoms. The molecule has 1 aromatic carbocycles. The van der Waals surface area contributed by atoms with Crippen molar-refractivity contribution in [3.05, 3.63) is 60.4 Å². The first-order valence-electron chi connectivity index (χ1n) is 5.70. The molecule has 1 atom stereocenters. The second-order valence-electron chi connectivity index (χ2n) is 3.93. The monoisotopic (exact) mass is 257 g/mol.